The average molecular weight is 403 g/mol. The molecule has 10 heteroatoms. The van der Waals surface area contributed by atoms with E-state index in [1.807, 2.05) is 0 Å². The fourth-order valence-corrected chi connectivity index (χ4v) is 2.08. The second-order valence-electron chi connectivity index (χ2n) is 5.18. The molecule has 2 aromatic carbocycles. The summed E-state index contributed by atoms with van der Waals surface area (Å²) in [5, 5.41) is 2.44. The van der Waals surface area contributed by atoms with Gasteiger partial charge in [0.05, 0.1) is 7.11 Å². The predicted octanol–water partition coefficient (Wildman–Crippen LogP) is 4.85. The zero-order chi connectivity index (χ0) is 20.7. The second-order valence-corrected chi connectivity index (χ2v) is 5.18. The molecule has 0 unspecified atom stereocenters. The normalized spacial score (nSPS) is 11.5. The third kappa shape index (κ3) is 6.78. The highest BCUT2D eigenvalue weighted by Crippen LogP contribution is 2.31. The zero-order valence-electron chi connectivity index (χ0n) is 14.3. The number of carbonyl (C=O) groups is 1. The third-order valence-corrected chi connectivity index (χ3v) is 3.19. The monoisotopic (exact) mass is 403 g/mol. The Morgan fingerprint density at radius 3 is 2.32 bits per heavy atom. The quantitative estimate of drug-likeness (QED) is 0.531. The van der Waals surface area contributed by atoms with E-state index in [2.05, 4.69) is 14.8 Å². The lowest BCUT2D eigenvalue weighted by Gasteiger charge is -2.11. The van der Waals surface area contributed by atoms with Gasteiger partial charge in [-0.25, -0.2) is 0 Å². The zero-order valence-corrected chi connectivity index (χ0v) is 14.3. The molecule has 0 spiro atoms. The van der Waals surface area contributed by atoms with Gasteiger partial charge in [-0.3, -0.25) is 4.79 Å². The Morgan fingerprint density at radius 1 is 1.07 bits per heavy atom. The lowest BCUT2D eigenvalue weighted by molar-refractivity contribution is -0.274. The van der Waals surface area contributed by atoms with Gasteiger partial charge in [-0.2, -0.15) is 8.78 Å². The van der Waals surface area contributed by atoms with Crippen molar-refractivity contribution in [3.8, 4) is 17.2 Å². The molecular formula is C18H14F5NO4. The Bertz CT molecular complexity index is 835. The van der Waals surface area contributed by atoms with Crippen molar-refractivity contribution in [1.82, 2.24) is 0 Å². The van der Waals surface area contributed by atoms with Crippen LogP contribution >= 0.6 is 0 Å². The number of carbonyl (C=O) groups excluding carboxylic acids is 1. The third-order valence-electron chi connectivity index (χ3n) is 3.19. The Kier molecular flexibility index (Phi) is 6.80. The van der Waals surface area contributed by atoms with Gasteiger partial charge in [0.25, 0.3) is 0 Å². The van der Waals surface area contributed by atoms with Crippen LogP contribution < -0.4 is 19.5 Å². The van der Waals surface area contributed by atoms with Gasteiger partial charge in [0.1, 0.15) is 5.75 Å². The Morgan fingerprint density at radius 2 is 1.75 bits per heavy atom. The molecule has 0 radical (unpaired) electrons. The van der Waals surface area contributed by atoms with Gasteiger partial charge in [-0.15, -0.1) is 13.2 Å². The van der Waals surface area contributed by atoms with Gasteiger partial charge in [-0.05, 0) is 35.9 Å². The smallest absolute Gasteiger partial charge is 0.493 e. The number of hydrogen-bond acceptors (Lipinski definition) is 4. The first-order chi connectivity index (χ1) is 13.2. The first-order valence-electron chi connectivity index (χ1n) is 7.64. The van der Waals surface area contributed by atoms with Crippen molar-refractivity contribution in [2.45, 2.75) is 13.0 Å². The summed E-state index contributed by atoms with van der Waals surface area (Å²) < 4.78 is 74.1. The molecule has 0 saturated carbocycles. The minimum Gasteiger partial charge on any atom is -0.493 e. The molecule has 150 valence electrons. The van der Waals surface area contributed by atoms with Crippen LogP contribution in [0.15, 0.2) is 48.5 Å². The van der Waals surface area contributed by atoms with Crippen LogP contribution in [0, 0.1) is 0 Å². The first kappa shape index (κ1) is 21.0. The van der Waals surface area contributed by atoms with Crippen molar-refractivity contribution in [1.29, 1.82) is 0 Å². The summed E-state index contributed by atoms with van der Waals surface area (Å²) in [7, 11) is 1.28. The summed E-state index contributed by atoms with van der Waals surface area (Å²) in [5.41, 5.74) is 0.626. The number of ether oxygens (including phenoxy) is 3. The molecular weight excluding hydrogens is 389 g/mol. The fourth-order valence-electron chi connectivity index (χ4n) is 2.08. The Hall–Kier alpha value is -3.30. The van der Waals surface area contributed by atoms with Crippen molar-refractivity contribution in [3.63, 3.8) is 0 Å². The van der Waals surface area contributed by atoms with E-state index in [1.165, 1.54) is 43.5 Å². The highest BCUT2D eigenvalue weighted by Gasteiger charge is 2.30. The fraction of sp³-hybridized carbons (Fsp3) is 0.167. The molecule has 0 bridgehead atoms. The molecule has 0 aromatic heterocycles. The van der Waals surface area contributed by atoms with Gasteiger partial charge in [0.2, 0.25) is 5.91 Å². The van der Waals surface area contributed by atoms with E-state index in [-0.39, 0.29) is 22.9 Å². The summed E-state index contributed by atoms with van der Waals surface area (Å²) in [4.78, 5) is 11.9. The van der Waals surface area contributed by atoms with Crippen LogP contribution in [0.5, 0.6) is 17.2 Å². The van der Waals surface area contributed by atoms with Crippen molar-refractivity contribution in [2.75, 3.05) is 12.4 Å². The number of benzene rings is 2. The number of hydrogen-bond donors (Lipinski definition) is 1. The van der Waals surface area contributed by atoms with Crippen LogP contribution in [0.4, 0.5) is 27.6 Å². The molecule has 0 aliphatic heterocycles. The lowest BCUT2D eigenvalue weighted by atomic mass is 10.2. The molecule has 0 saturated heterocycles. The van der Waals surface area contributed by atoms with E-state index < -0.39 is 18.9 Å². The molecule has 0 aliphatic carbocycles. The second kappa shape index (κ2) is 9.07. The van der Waals surface area contributed by atoms with Crippen LogP contribution in [-0.2, 0) is 4.79 Å². The minimum atomic E-state index is -4.79. The van der Waals surface area contributed by atoms with E-state index in [4.69, 9.17) is 4.74 Å². The highest BCUT2D eigenvalue weighted by molar-refractivity contribution is 6.02. The van der Waals surface area contributed by atoms with E-state index in [0.717, 1.165) is 18.2 Å². The maximum absolute atomic E-state index is 12.4. The van der Waals surface area contributed by atoms with Crippen LogP contribution in [0.2, 0.25) is 0 Å². The molecule has 0 fully saturated rings. The molecule has 2 aromatic rings. The number of nitrogens with one attached hydrogen (secondary N) is 1. The number of halogens is 5. The Labute approximate surface area is 156 Å². The van der Waals surface area contributed by atoms with E-state index in [9.17, 15) is 26.7 Å². The standard InChI is InChI=1S/C18H14F5NO4/c1-26-14-8-5-12(10-15(14)27-17(19)20)24-16(25)9-4-11-2-6-13(7-3-11)28-18(21,22)23/h2-10,17H,1H3,(H,24,25)/b9-4+. The molecule has 0 atom stereocenters. The molecule has 0 heterocycles. The largest absolute Gasteiger partial charge is 0.573 e. The summed E-state index contributed by atoms with van der Waals surface area (Å²) in [6.07, 6.45) is -2.31. The first-order valence-corrected chi connectivity index (χ1v) is 7.64. The van der Waals surface area contributed by atoms with E-state index in [0.29, 0.717) is 5.56 Å². The molecule has 5 nitrogen and oxygen atoms in total. The molecule has 0 aliphatic rings. The summed E-state index contributed by atoms with van der Waals surface area (Å²) in [6, 6.07) is 8.78. The molecule has 28 heavy (non-hydrogen) atoms. The number of rotatable bonds is 7. The van der Waals surface area contributed by atoms with E-state index in [1.54, 1.807) is 0 Å². The lowest BCUT2D eigenvalue weighted by Crippen LogP contribution is -2.16. The number of alkyl halides is 5. The number of anilines is 1. The Balaban J connectivity index is 2.01. The maximum Gasteiger partial charge on any atom is 0.573 e. The molecule has 1 N–H and O–H groups in total. The molecule has 1 amide bonds. The predicted molar refractivity (Wildman–Crippen MR) is 90.4 cm³/mol. The highest BCUT2D eigenvalue weighted by atomic mass is 19.4. The van der Waals surface area contributed by atoms with Crippen molar-refractivity contribution in [3.05, 3.63) is 54.1 Å². The number of methoxy groups -OCH3 is 1. The van der Waals surface area contributed by atoms with Gasteiger partial charge in [-0.1, -0.05) is 12.1 Å². The average Bonchev–Trinajstić information content (AvgIpc) is 2.59. The number of amides is 1. The SMILES string of the molecule is COc1ccc(NC(=O)/C=C/c2ccc(OC(F)(F)F)cc2)cc1OC(F)F. The van der Waals surface area contributed by atoms with Gasteiger partial charge in [0, 0.05) is 17.8 Å². The van der Waals surface area contributed by atoms with Crippen molar-refractivity contribution >= 4 is 17.7 Å². The van der Waals surface area contributed by atoms with Crippen LogP contribution in [0.1, 0.15) is 5.56 Å². The van der Waals surface area contributed by atoms with Crippen molar-refractivity contribution in [2.24, 2.45) is 0 Å². The van der Waals surface area contributed by atoms with Gasteiger partial charge >= 0.3 is 13.0 Å². The van der Waals surface area contributed by atoms with Crippen LogP contribution in [0.25, 0.3) is 6.08 Å². The maximum atomic E-state index is 12.4. The summed E-state index contributed by atoms with van der Waals surface area (Å²) in [6.45, 7) is -3.07. The van der Waals surface area contributed by atoms with Crippen LogP contribution in [0.3, 0.4) is 0 Å². The van der Waals surface area contributed by atoms with Gasteiger partial charge < -0.3 is 19.5 Å². The van der Waals surface area contributed by atoms with Gasteiger partial charge in [0.15, 0.2) is 11.5 Å². The molecule has 2 rings (SSSR count). The summed E-state index contributed by atoms with van der Waals surface area (Å²) in [5.74, 6) is -1.17. The van der Waals surface area contributed by atoms with Crippen molar-refractivity contribution < 1.29 is 41.0 Å². The van der Waals surface area contributed by atoms with Crippen LogP contribution in [-0.4, -0.2) is 26.0 Å². The topological polar surface area (TPSA) is 56.8 Å². The van der Waals surface area contributed by atoms with E-state index >= 15 is 0 Å². The summed E-state index contributed by atoms with van der Waals surface area (Å²) >= 11 is 0. The minimum absolute atomic E-state index is 0.0648.